The number of hydrogen-bond donors (Lipinski definition) is 2. The van der Waals surface area contributed by atoms with Crippen molar-refractivity contribution >= 4 is 12.1 Å². The minimum Gasteiger partial charge on any atom is -0.460 e. The van der Waals surface area contributed by atoms with Crippen LogP contribution in [0.2, 0.25) is 0 Å². The normalized spacial score (nSPS) is 13.0. The molecule has 0 unspecified atom stereocenters. The number of fused-ring (bicyclic) bond motifs is 3. The molecule has 0 saturated carbocycles. The minimum absolute atomic E-state index is 0.0439. The monoisotopic (exact) mass is 431 g/mol. The maximum absolute atomic E-state index is 12.3. The predicted molar refractivity (Wildman–Crippen MR) is 120 cm³/mol. The number of esters is 1. The van der Waals surface area contributed by atoms with Crippen molar-refractivity contribution in [2.45, 2.75) is 12.5 Å². The summed E-state index contributed by atoms with van der Waals surface area (Å²) in [6.45, 7) is -0.207. The number of hydrogen-bond acceptors (Lipinski definition) is 5. The molecule has 0 fully saturated rings. The number of alkyl carbamates (subject to hydrolysis) is 1. The molecule has 0 saturated heterocycles. The van der Waals surface area contributed by atoms with Crippen molar-refractivity contribution in [3.63, 3.8) is 0 Å². The first-order chi connectivity index (χ1) is 15.7. The second-order valence-electron chi connectivity index (χ2n) is 7.68. The fourth-order valence-electron chi connectivity index (χ4n) is 3.92. The minimum atomic E-state index is -0.862. The largest absolute Gasteiger partial charge is 0.460 e. The van der Waals surface area contributed by atoms with Crippen LogP contribution in [0.5, 0.6) is 0 Å². The van der Waals surface area contributed by atoms with E-state index in [0.717, 1.165) is 27.8 Å². The highest BCUT2D eigenvalue weighted by molar-refractivity contribution is 5.79. The molecule has 0 bridgehead atoms. The zero-order valence-electron chi connectivity index (χ0n) is 17.6. The summed E-state index contributed by atoms with van der Waals surface area (Å²) in [5.74, 6) is -1.48. The number of amides is 1. The number of aliphatic hydroxyl groups excluding tert-OH is 1. The van der Waals surface area contributed by atoms with Gasteiger partial charge in [0.1, 0.15) is 13.2 Å². The predicted octanol–water partition coefficient (Wildman–Crippen LogP) is 3.88. The fourth-order valence-corrected chi connectivity index (χ4v) is 3.92. The van der Waals surface area contributed by atoms with Crippen molar-refractivity contribution in [3.05, 3.63) is 95.6 Å². The Kier molecular flexibility index (Phi) is 6.82. The molecule has 0 radical (unpaired) electrons. The average Bonchev–Trinajstić information content (AvgIpc) is 3.16. The van der Waals surface area contributed by atoms with E-state index >= 15 is 0 Å². The van der Waals surface area contributed by atoms with E-state index < -0.39 is 24.6 Å². The van der Waals surface area contributed by atoms with Crippen LogP contribution in [0.25, 0.3) is 11.1 Å². The zero-order chi connectivity index (χ0) is 22.3. The highest BCUT2D eigenvalue weighted by Crippen LogP contribution is 2.44. The van der Waals surface area contributed by atoms with Crippen molar-refractivity contribution in [2.24, 2.45) is 5.92 Å². The Morgan fingerprint density at radius 2 is 1.44 bits per heavy atom. The van der Waals surface area contributed by atoms with Crippen molar-refractivity contribution in [3.8, 4) is 11.1 Å². The van der Waals surface area contributed by atoms with Crippen LogP contribution in [0.1, 0.15) is 22.6 Å². The topological polar surface area (TPSA) is 84.9 Å². The Morgan fingerprint density at radius 1 is 0.844 bits per heavy atom. The van der Waals surface area contributed by atoms with Crippen molar-refractivity contribution < 1.29 is 24.2 Å². The fraction of sp³-hybridized carbons (Fsp3) is 0.231. The number of nitrogens with one attached hydrogen (secondary N) is 1. The molecule has 1 atom stereocenters. The number of carbonyl (C=O) groups excluding carboxylic acids is 2. The molecule has 2 N–H and O–H groups in total. The van der Waals surface area contributed by atoms with E-state index in [-0.39, 0.29) is 25.7 Å². The van der Waals surface area contributed by atoms with Gasteiger partial charge in [-0.2, -0.15) is 0 Å². The van der Waals surface area contributed by atoms with Gasteiger partial charge in [0.2, 0.25) is 0 Å². The maximum Gasteiger partial charge on any atom is 0.407 e. The molecule has 0 spiro atoms. The second kappa shape index (κ2) is 10.1. The van der Waals surface area contributed by atoms with Gasteiger partial charge in [-0.15, -0.1) is 0 Å². The van der Waals surface area contributed by atoms with E-state index in [0.29, 0.717) is 0 Å². The van der Waals surface area contributed by atoms with Crippen LogP contribution in [0.15, 0.2) is 78.9 Å². The zero-order valence-corrected chi connectivity index (χ0v) is 17.6. The summed E-state index contributed by atoms with van der Waals surface area (Å²) in [5, 5.41) is 12.1. The third-order valence-corrected chi connectivity index (χ3v) is 5.61. The van der Waals surface area contributed by atoms with Gasteiger partial charge in [0.25, 0.3) is 0 Å². The van der Waals surface area contributed by atoms with E-state index in [1.807, 2.05) is 66.7 Å². The lowest BCUT2D eigenvalue weighted by atomic mass is 9.98. The summed E-state index contributed by atoms with van der Waals surface area (Å²) < 4.78 is 10.7. The molecule has 3 aromatic rings. The van der Waals surface area contributed by atoms with E-state index in [4.69, 9.17) is 9.47 Å². The Balaban J connectivity index is 1.29. The van der Waals surface area contributed by atoms with Crippen molar-refractivity contribution in [2.75, 3.05) is 19.8 Å². The van der Waals surface area contributed by atoms with Gasteiger partial charge in [-0.05, 0) is 27.8 Å². The smallest absolute Gasteiger partial charge is 0.407 e. The van der Waals surface area contributed by atoms with Crippen LogP contribution >= 0.6 is 0 Å². The molecule has 0 heterocycles. The molecule has 3 aromatic carbocycles. The Hall–Kier alpha value is -3.64. The standard InChI is InChI=1S/C26H25NO5/c28-15-19(25(29)31-16-18-8-2-1-3-9-18)14-27-26(30)32-17-24-22-12-6-4-10-20(22)21-11-5-7-13-23(21)24/h1-13,19,24,28H,14-17H2,(H,27,30)/t19-/m0/s1. The summed E-state index contributed by atoms with van der Waals surface area (Å²) in [5.41, 5.74) is 5.40. The summed E-state index contributed by atoms with van der Waals surface area (Å²) in [6.07, 6.45) is -0.638. The quantitative estimate of drug-likeness (QED) is 0.529. The lowest BCUT2D eigenvalue weighted by Crippen LogP contribution is -2.36. The molecule has 1 amide bonds. The van der Waals surface area contributed by atoms with Crippen molar-refractivity contribution in [1.82, 2.24) is 5.32 Å². The Bertz CT molecular complexity index is 1040. The number of rotatable bonds is 8. The molecule has 164 valence electrons. The molecule has 32 heavy (non-hydrogen) atoms. The Labute approximate surface area is 186 Å². The van der Waals surface area contributed by atoms with E-state index in [2.05, 4.69) is 17.4 Å². The van der Waals surface area contributed by atoms with E-state index in [1.54, 1.807) is 0 Å². The summed E-state index contributed by atoms with van der Waals surface area (Å²) >= 11 is 0. The van der Waals surface area contributed by atoms with Gasteiger partial charge in [0.15, 0.2) is 0 Å². The molecular weight excluding hydrogens is 406 g/mol. The maximum atomic E-state index is 12.3. The molecule has 0 aromatic heterocycles. The van der Waals surface area contributed by atoms with Gasteiger partial charge in [0.05, 0.1) is 12.5 Å². The van der Waals surface area contributed by atoms with Crippen LogP contribution in [-0.2, 0) is 20.9 Å². The van der Waals surface area contributed by atoms with Gasteiger partial charge in [0, 0.05) is 12.5 Å². The molecule has 4 rings (SSSR count). The van der Waals surface area contributed by atoms with Crippen LogP contribution in [0, 0.1) is 5.92 Å². The summed E-state index contributed by atoms with van der Waals surface area (Å²) in [7, 11) is 0. The van der Waals surface area contributed by atoms with Crippen LogP contribution < -0.4 is 5.32 Å². The first-order valence-electron chi connectivity index (χ1n) is 10.6. The van der Waals surface area contributed by atoms with Gasteiger partial charge in [-0.1, -0.05) is 78.9 Å². The Morgan fingerprint density at radius 3 is 2.06 bits per heavy atom. The van der Waals surface area contributed by atoms with Crippen LogP contribution in [0.4, 0.5) is 4.79 Å². The molecule has 6 heteroatoms. The van der Waals surface area contributed by atoms with Crippen molar-refractivity contribution in [1.29, 1.82) is 0 Å². The number of benzene rings is 3. The second-order valence-corrected chi connectivity index (χ2v) is 7.68. The number of carbonyl (C=O) groups is 2. The number of aliphatic hydroxyl groups is 1. The average molecular weight is 431 g/mol. The van der Waals surface area contributed by atoms with Crippen LogP contribution in [-0.4, -0.2) is 36.9 Å². The number of ether oxygens (including phenoxy) is 2. The van der Waals surface area contributed by atoms with Gasteiger partial charge in [-0.25, -0.2) is 4.79 Å². The molecular formula is C26H25NO5. The van der Waals surface area contributed by atoms with Gasteiger partial charge in [-0.3, -0.25) is 4.79 Å². The first kappa shape index (κ1) is 21.6. The summed E-state index contributed by atoms with van der Waals surface area (Å²) in [6, 6.07) is 25.5. The third-order valence-electron chi connectivity index (χ3n) is 5.61. The molecule has 1 aliphatic rings. The molecule has 6 nitrogen and oxygen atoms in total. The van der Waals surface area contributed by atoms with Gasteiger partial charge < -0.3 is 19.9 Å². The SMILES string of the molecule is O=C(NC[C@@H](CO)C(=O)OCc1ccccc1)OCC1c2ccccc2-c2ccccc21. The molecule has 1 aliphatic carbocycles. The van der Waals surface area contributed by atoms with Crippen LogP contribution in [0.3, 0.4) is 0 Å². The third kappa shape index (κ3) is 4.81. The first-order valence-corrected chi connectivity index (χ1v) is 10.6. The highest BCUT2D eigenvalue weighted by Gasteiger charge is 2.29. The lowest BCUT2D eigenvalue weighted by molar-refractivity contribution is -0.151. The van der Waals surface area contributed by atoms with E-state index in [9.17, 15) is 14.7 Å². The van der Waals surface area contributed by atoms with E-state index in [1.165, 1.54) is 0 Å². The highest BCUT2D eigenvalue weighted by atomic mass is 16.5. The van der Waals surface area contributed by atoms with Gasteiger partial charge >= 0.3 is 12.1 Å². The molecule has 0 aliphatic heterocycles. The lowest BCUT2D eigenvalue weighted by Gasteiger charge is -2.17. The summed E-state index contributed by atoms with van der Waals surface area (Å²) in [4.78, 5) is 24.5.